The van der Waals surface area contributed by atoms with Crippen molar-refractivity contribution in [1.82, 2.24) is 5.32 Å². The molecule has 1 aliphatic carbocycles. The van der Waals surface area contributed by atoms with Crippen LogP contribution in [-0.2, 0) is 9.53 Å². The Hall–Kier alpha value is -1.42. The molecule has 0 amide bonds. The van der Waals surface area contributed by atoms with Crippen LogP contribution in [0.25, 0.3) is 0 Å². The van der Waals surface area contributed by atoms with Gasteiger partial charge in [0.05, 0.1) is 6.61 Å². The van der Waals surface area contributed by atoms with Crippen molar-refractivity contribution in [3.05, 3.63) is 35.1 Å². The molecule has 1 atom stereocenters. The standard InChI is InChI=1S/C14H18FNO2/c1-3-18-14(17)13(16-11-5-6-11)10-4-7-12(15)9(2)8-10/h4,7-8,11,13,16H,3,5-6H2,1-2H3. The van der Waals surface area contributed by atoms with Crippen molar-refractivity contribution in [1.29, 1.82) is 0 Å². The van der Waals surface area contributed by atoms with Crippen LogP contribution in [0.4, 0.5) is 4.39 Å². The maximum absolute atomic E-state index is 13.2. The number of rotatable bonds is 5. The van der Waals surface area contributed by atoms with Gasteiger partial charge in [0.25, 0.3) is 0 Å². The highest BCUT2D eigenvalue weighted by molar-refractivity contribution is 5.77. The van der Waals surface area contributed by atoms with Gasteiger partial charge in [-0.05, 0) is 43.9 Å². The highest BCUT2D eigenvalue weighted by Gasteiger charge is 2.30. The maximum Gasteiger partial charge on any atom is 0.327 e. The summed E-state index contributed by atoms with van der Waals surface area (Å²) in [6.45, 7) is 3.82. The van der Waals surface area contributed by atoms with Gasteiger partial charge in [-0.15, -0.1) is 0 Å². The third kappa shape index (κ3) is 3.07. The predicted octanol–water partition coefficient (Wildman–Crippen LogP) is 2.49. The van der Waals surface area contributed by atoms with Crippen LogP contribution in [0.2, 0.25) is 0 Å². The van der Waals surface area contributed by atoms with Crippen molar-refractivity contribution in [3.63, 3.8) is 0 Å². The van der Waals surface area contributed by atoms with Crippen molar-refractivity contribution in [3.8, 4) is 0 Å². The quantitative estimate of drug-likeness (QED) is 0.817. The van der Waals surface area contributed by atoms with E-state index in [1.807, 2.05) is 0 Å². The average Bonchev–Trinajstić information content (AvgIpc) is 3.14. The molecule has 1 fully saturated rings. The Balaban J connectivity index is 2.20. The van der Waals surface area contributed by atoms with Crippen molar-refractivity contribution >= 4 is 5.97 Å². The lowest BCUT2D eigenvalue weighted by atomic mass is 10.0. The first-order valence-electron chi connectivity index (χ1n) is 6.30. The molecule has 0 heterocycles. The fraction of sp³-hybridized carbons (Fsp3) is 0.500. The first-order chi connectivity index (χ1) is 8.61. The lowest BCUT2D eigenvalue weighted by Crippen LogP contribution is -2.31. The molecule has 1 aromatic rings. The van der Waals surface area contributed by atoms with Gasteiger partial charge in [0.1, 0.15) is 11.9 Å². The number of carbonyl (C=O) groups excluding carboxylic acids is 1. The van der Waals surface area contributed by atoms with E-state index < -0.39 is 6.04 Å². The Bertz CT molecular complexity index is 443. The van der Waals surface area contributed by atoms with Crippen LogP contribution in [-0.4, -0.2) is 18.6 Å². The molecule has 18 heavy (non-hydrogen) atoms. The van der Waals surface area contributed by atoms with E-state index in [1.54, 1.807) is 26.0 Å². The SMILES string of the molecule is CCOC(=O)C(NC1CC1)c1ccc(F)c(C)c1. The molecule has 1 aliphatic rings. The predicted molar refractivity (Wildman–Crippen MR) is 66.7 cm³/mol. The van der Waals surface area contributed by atoms with E-state index in [-0.39, 0.29) is 11.8 Å². The van der Waals surface area contributed by atoms with E-state index in [4.69, 9.17) is 4.74 Å². The molecule has 0 radical (unpaired) electrons. The van der Waals surface area contributed by atoms with Gasteiger partial charge in [-0.1, -0.05) is 12.1 Å². The summed E-state index contributed by atoms with van der Waals surface area (Å²) in [6, 6.07) is 4.62. The molecule has 4 heteroatoms. The first kappa shape index (κ1) is 13.0. The van der Waals surface area contributed by atoms with Crippen LogP contribution in [0.3, 0.4) is 0 Å². The zero-order valence-corrected chi connectivity index (χ0v) is 10.7. The highest BCUT2D eigenvalue weighted by Crippen LogP contribution is 2.26. The minimum Gasteiger partial charge on any atom is -0.465 e. The molecule has 1 unspecified atom stereocenters. The summed E-state index contributed by atoms with van der Waals surface area (Å²) in [5, 5.41) is 3.24. The molecule has 98 valence electrons. The minimum absolute atomic E-state index is 0.257. The number of carbonyl (C=O) groups is 1. The van der Waals surface area contributed by atoms with E-state index in [1.165, 1.54) is 6.07 Å². The number of hydrogen-bond acceptors (Lipinski definition) is 3. The summed E-state index contributed by atoms with van der Waals surface area (Å²) in [5.74, 6) is -0.553. The molecule has 1 aromatic carbocycles. The van der Waals surface area contributed by atoms with Crippen LogP contribution in [0.15, 0.2) is 18.2 Å². The van der Waals surface area contributed by atoms with Crippen LogP contribution in [0.5, 0.6) is 0 Å². The van der Waals surface area contributed by atoms with Crippen LogP contribution in [0, 0.1) is 12.7 Å². The number of aryl methyl sites for hydroxylation is 1. The second-order valence-corrected chi connectivity index (χ2v) is 4.63. The number of nitrogens with one attached hydrogen (secondary N) is 1. The summed E-state index contributed by atoms with van der Waals surface area (Å²) in [4.78, 5) is 11.9. The topological polar surface area (TPSA) is 38.3 Å². The van der Waals surface area contributed by atoms with E-state index in [0.717, 1.165) is 18.4 Å². The number of ether oxygens (including phenoxy) is 1. The lowest BCUT2D eigenvalue weighted by Gasteiger charge is -2.18. The molecule has 0 bridgehead atoms. The van der Waals surface area contributed by atoms with E-state index in [0.29, 0.717) is 18.2 Å². The Morgan fingerprint density at radius 1 is 1.56 bits per heavy atom. The van der Waals surface area contributed by atoms with Gasteiger partial charge in [-0.25, -0.2) is 9.18 Å². The molecule has 0 saturated heterocycles. The zero-order valence-electron chi connectivity index (χ0n) is 10.7. The fourth-order valence-corrected chi connectivity index (χ4v) is 1.86. The van der Waals surface area contributed by atoms with E-state index >= 15 is 0 Å². The van der Waals surface area contributed by atoms with Crippen LogP contribution in [0.1, 0.15) is 36.9 Å². The molecule has 0 aliphatic heterocycles. The molecule has 2 rings (SSSR count). The molecule has 1 saturated carbocycles. The number of hydrogen-bond donors (Lipinski definition) is 1. The van der Waals surface area contributed by atoms with Gasteiger partial charge in [-0.3, -0.25) is 5.32 Å². The van der Waals surface area contributed by atoms with Gasteiger partial charge < -0.3 is 4.74 Å². The molecule has 0 spiro atoms. The maximum atomic E-state index is 13.2. The fourth-order valence-electron chi connectivity index (χ4n) is 1.86. The first-order valence-corrected chi connectivity index (χ1v) is 6.30. The number of halogens is 1. The van der Waals surface area contributed by atoms with Crippen molar-refractivity contribution in [2.24, 2.45) is 0 Å². The summed E-state index contributed by atoms with van der Waals surface area (Å²) in [6.07, 6.45) is 2.16. The Morgan fingerprint density at radius 3 is 2.83 bits per heavy atom. The summed E-state index contributed by atoms with van der Waals surface area (Å²) < 4.78 is 18.3. The molecular weight excluding hydrogens is 233 g/mol. The van der Waals surface area contributed by atoms with Crippen molar-refractivity contribution in [2.45, 2.75) is 38.8 Å². The van der Waals surface area contributed by atoms with Gasteiger partial charge in [0.15, 0.2) is 0 Å². The van der Waals surface area contributed by atoms with Gasteiger partial charge in [-0.2, -0.15) is 0 Å². The van der Waals surface area contributed by atoms with Crippen LogP contribution >= 0.6 is 0 Å². The zero-order chi connectivity index (χ0) is 13.1. The summed E-state index contributed by atoms with van der Waals surface area (Å²) in [7, 11) is 0. The van der Waals surface area contributed by atoms with Crippen molar-refractivity contribution < 1.29 is 13.9 Å². The molecular formula is C14H18FNO2. The molecule has 0 aromatic heterocycles. The third-order valence-electron chi connectivity index (χ3n) is 3.02. The largest absolute Gasteiger partial charge is 0.465 e. The Morgan fingerprint density at radius 2 is 2.28 bits per heavy atom. The van der Waals surface area contributed by atoms with Gasteiger partial charge in [0, 0.05) is 6.04 Å². The van der Waals surface area contributed by atoms with E-state index in [2.05, 4.69) is 5.32 Å². The number of esters is 1. The smallest absolute Gasteiger partial charge is 0.327 e. The van der Waals surface area contributed by atoms with Crippen LogP contribution < -0.4 is 5.32 Å². The lowest BCUT2D eigenvalue weighted by molar-refractivity contribution is -0.145. The molecule has 3 nitrogen and oxygen atoms in total. The van der Waals surface area contributed by atoms with Gasteiger partial charge >= 0.3 is 5.97 Å². The highest BCUT2D eigenvalue weighted by atomic mass is 19.1. The minimum atomic E-state index is -0.489. The molecule has 1 N–H and O–H groups in total. The monoisotopic (exact) mass is 251 g/mol. The Labute approximate surface area is 106 Å². The second-order valence-electron chi connectivity index (χ2n) is 4.63. The number of benzene rings is 1. The van der Waals surface area contributed by atoms with E-state index in [9.17, 15) is 9.18 Å². The Kier molecular flexibility index (Phi) is 3.97. The summed E-state index contributed by atoms with van der Waals surface area (Å²) >= 11 is 0. The second kappa shape index (κ2) is 5.48. The average molecular weight is 251 g/mol. The summed E-state index contributed by atoms with van der Waals surface area (Å²) in [5.41, 5.74) is 1.30. The third-order valence-corrected chi connectivity index (χ3v) is 3.02. The normalized spacial score (nSPS) is 16.4. The van der Waals surface area contributed by atoms with Gasteiger partial charge in [0.2, 0.25) is 0 Å². The van der Waals surface area contributed by atoms with Crippen molar-refractivity contribution in [2.75, 3.05) is 6.61 Å².